The van der Waals surface area contributed by atoms with Gasteiger partial charge in [0, 0.05) is 43.5 Å². The summed E-state index contributed by atoms with van der Waals surface area (Å²) in [6, 6.07) is 7.23. The van der Waals surface area contributed by atoms with Gasteiger partial charge in [-0.25, -0.2) is 0 Å². The van der Waals surface area contributed by atoms with Crippen LogP contribution in [0.15, 0.2) is 36.7 Å². The van der Waals surface area contributed by atoms with Crippen molar-refractivity contribution in [2.45, 2.75) is 12.8 Å². The van der Waals surface area contributed by atoms with E-state index in [2.05, 4.69) is 31.2 Å². The number of H-pyrrole nitrogens is 1. The van der Waals surface area contributed by atoms with Crippen LogP contribution in [0.2, 0.25) is 5.02 Å². The quantitative estimate of drug-likeness (QED) is 0.254. The van der Waals surface area contributed by atoms with Crippen molar-refractivity contribution in [1.29, 1.82) is 0 Å². The molecular weight excluding hydrogens is 486 g/mol. The number of carbonyl (C=O) groups excluding carboxylic acids is 1. The Morgan fingerprint density at radius 1 is 1.26 bits per heavy atom. The van der Waals surface area contributed by atoms with E-state index in [1.165, 1.54) is 19.5 Å². The topological polar surface area (TPSA) is 91.5 Å². The third-order valence-corrected chi connectivity index (χ3v) is 6.82. The molecule has 0 spiro atoms. The molecule has 1 saturated heterocycles. The maximum Gasteiger partial charge on any atom is 0.160 e. The zero-order valence-corrected chi connectivity index (χ0v) is 22.1. The Kier molecular flexibility index (Phi) is 10.3. The molecule has 0 unspecified atom stereocenters. The van der Waals surface area contributed by atoms with Crippen molar-refractivity contribution in [3.8, 4) is 22.8 Å². The maximum atomic E-state index is 12.0. The predicted octanol–water partition coefficient (Wildman–Crippen LogP) is 5.04. The number of para-hydroxylation sites is 1. The van der Waals surface area contributed by atoms with Crippen molar-refractivity contribution in [2.75, 3.05) is 52.5 Å². The normalized spacial score (nSPS) is 12.8. The fraction of sp³-hybridized carbons (Fsp3) is 0.360. The minimum atomic E-state index is 0.471. The molecule has 3 aromatic rings. The lowest BCUT2D eigenvalue weighted by molar-refractivity contribution is 0.112. The van der Waals surface area contributed by atoms with Gasteiger partial charge < -0.3 is 25.1 Å². The van der Waals surface area contributed by atoms with Crippen molar-refractivity contribution in [3.05, 3.63) is 52.9 Å². The molecule has 35 heavy (non-hydrogen) atoms. The first-order valence-electron chi connectivity index (χ1n) is 11.3. The number of nitrogens with zero attached hydrogens (tertiary/aromatic N) is 2. The number of pyridine rings is 1. The summed E-state index contributed by atoms with van der Waals surface area (Å²) in [6.45, 7) is 3.33. The zero-order valence-electron chi connectivity index (χ0n) is 20.5. The maximum absolute atomic E-state index is 12.0. The van der Waals surface area contributed by atoms with Crippen molar-refractivity contribution >= 4 is 41.2 Å². The highest BCUT2D eigenvalue weighted by molar-refractivity contribution is 7.96. The molecule has 0 amide bonds. The standard InChI is InChI=1S/C21H23ClN4O3.C4H9NS/c1-23-9-8-16-14(12-27)20(26-17-6-4-5-15(22)21(17)29-3)19(25-16)13-7-10-24-11-18(13)28-2;1-6-5-3-2-4-5/h4-7,10-12,23,25-26H,8-9H2,1-3H3;2-4H2,1H3. The lowest BCUT2D eigenvalue weighted by atomic mass is 10.1. The molecule has 2 aromatic heterocycles. The molecule has 3 heterocycles. The van der Waals surface area contributed by atoms with Crippen LogP contribution in [0.4, 0.5) is 11.4 Å². The van der Waals surface area contributed by atoms with Gasteiger partial charge in [-0.05, 0) is 37.9 Å². The van der Waals surface area contributed by atoms with Gasteiger partial charge in [-0.1, -0.05) is 29.6 Å². The van der Waals surface area contributed by atoms with E-state index in [0.717, 1.165) is 23.2 Å². The largest absolute Gasteiger partial charge is 0.494 e. The SMILES string of the molecule is CNCCc1[nH]c(-c2ccncc2OC)c(Nc2cccc(Cl)c2OC)c1C=O.CSN1CCC1. The van der Waals surface area contributed by atoms with E-state index in [1.807, 2.05) is 37.2 Å². The second-order valence-corrected chi connectivity index (χ2v) is 9.01. The van der Waals surface area contributed by atoms with E-state index in [9.17, 15) is 4.79 Å². The molecule has 0 atom stereocenters. The van der Waals surface area contributed by atoms with E-state index < -0.39 is 0 Å². The molecule has 0 saturated carbocycles. The summed E-state index contributed by atoms with van der Waals surface area (Å²) in [6.07, 6.45) is 8.33. The number of rotatable bonds is 10. The number of aromatic nitrogens is 2. The van der Waals surface area contributed by atoms with Gasteiger partial charge in [0.15, 0.2) is 12.0 Å². The number of halogens is 1. The molecule has 4 rings (SSSR count). The summed E-state index contributed by atoms with van der Waals surface area (Å²) in [5.74, 6) is 1.09. The minimum absolute atomic E-state index is 0.471. The average Bonchev–Trinajstić information content (AvgIpc) is 3.19. The number of likely N-dealkylation sites (N-methyl/N-ethyl adjacent to an activating group) is 1. The molecule has 0 aliphatic carbocycles. The van der Waals surface area contributed by atoms with Crippen molar-refractivity contribution < 1.29 is 14.3 Å². The number of ether oxygens (including phenoxy) is 2. The number of hydrogen-bond acceptors (Lipinski definition) is 8. The zero-order chi connectivity index (χ0) is 25.2. The van der Waals surface area contributed by atoms with Crippen LogP contribution in [0.1, 0.15) is 22.5 Å². The molecule has 188 valence electrons. The average molecular weight is 518 g/mol. The number of hydrogen-bond donors (Lipinski definition) is 3. The highest BCUT2D eigenvalue weighted by Gasteiger charge is 2.22. The molecule has 0 bridgehead atoms. The molecular formula is C25H32ClN5O3S. The summed E-state index contributed by atoms with van der Waals surface area (Å²) in [4.78, 5) is 19.5. The Labute approximate surface area is 215 Å². The second kappa shape index (κ2) is 13.4. The summed E-state index contributed by atoms with van der Waals surface area (Å²) in [5, 5.41) is 6.91. The Balaban J connectivity index is 0.000000497. The molecule has 1 fully saturated rings. The van der Waals surface area contributed by atoms with Crippen LogP contribution in [0.25, 0.3) is 11.3 Å². The monoisotopic (exact) mass is 517 g/mol. The van der Waals surface area contributed by atoms with E-state index >= 15 is 0 Å². The molecule has 0 radical (unpaired) electrons. The lowest BCUT2D eigenvalue weighted by Crippen LogP contribution is -2.29. The number of methoxy groups -OCH3 is 2. The number of aromatic amines is 1. The third-order valence-electron chi connectivity index (χ3n) is 5.64. The molecule has 1 aliphatic rings. The fourth-order valence-corrected chi connectivity index (χ4v) is 4.52. The Morgan fingerprint density at radius 3 is 2.63 bits per heavy atom. The van der Waals surface area contributed by atoms with Crippen LogP contribution in [0.3, 0.4) is 0 Å². The second-order valence-electron chi connectivity index (χ2n) is 7.73. The fourth-order valence-electron chi connectivity index (χ4n) is 3.64. The minimum Gasteiger partial charge on any atom is -0.494 e. The Morgan fingerprint density at radius 2 is 2.06 bits per heavy atom. The smallest absolute Gasteiger partial charge is 0.160 e. The van der Waals surface area contributed by atoms with Crippen LogP contribution in [-0.2, 0) is 6.42 Å². The van der Waals surface area contributed by atoms with Crippen molar-refractivity contribution in [2.24, 2.45) is 0 Å². The van der Waals surface area contributed by atoms with Crippen LogP contribution in [-0.4, -0.2) is 67.7 Å². The predicted molar refractivity (Wildman–Crippen MR) is 145 cm³/mol. The van der Waals surface area contributed by atoms with Crippen molar-refractivity contribution in [1.82, 2.24) is 19.6 Å². The first-order valence-corrected chi connectivity index (χ1v) is 12.8. The molecule has 10 heteroatoms. The summed E-state index contributed by atoms with van der Waals surface area (Å²) < 4.78 is 13.3. The number of aldehydes is 1. The molecule has 1 aliphatic heterocycles. The van der Waals surface area contributed by atoms with Gasteiger partial charge in [-0.2, -0.15) is 0 Å². The number of carbonyl (C=O) groups is 1. The number of anilines is 2. The van der Waals surface area contributed by atoms with Gasteiger partial charge in [0.1, 0.15) is 5.75 Å². The Bertz CT molecular complexity index is 1120. The van der Waals surface area contributed by atoms with Gasteiger partial charge in [-0.15, -0.1) is 0 Å². The summed E-state index contributed by atoms with van der Waals surface area (Å²) in [5.41, 5.74) is 4.12. The van der Waals surface area contributed by atoms with Gasteiger partial charge in [0.25, 0.3) is 0 Å². The number of nitrogens with one attached hydrogen (secondary N) is 3. The van der Waals surface area contributed by atoms with Gasteiger partial charge >= 0.3 is 0 Å². The molecule has 8 nitrogen and oxygen atoms in total. The van der Waals surface area contributed by atoms with E-state index in [4.69, 9.17) is 21.1 Å². The van der Waals surface area contributed by atoms with E-state index in [1.54, 1.807) is 32.7 Å². The molecule has 3 N–H and O–H groups in total. The Hall–Kier alpha value is -2.72. The van der Waals surface area contributed by atoms with E-state index in [-0.39, 0.29) is 0 Å². The van der Waals surface area contributed by atoms with Crippen LogP contribution in [0.5, 0.6) is 11.5 Å². The van der Waals surface area contributed by atoms with Gasteiger partial charge in [0.2, 0.25) is 0 Å². The first kappa shape index (κ1) is 26.9. The lowest BCUT2D eigenvalue weighted by Gasteiger charge is -2.27. The van der Waals surface area contributed by atoms with Gasteiger partial charge in [-0.3, -0.25) is 14.1 Å². The van der Waals surface area contributed by atoms with Crippen molar-refractivity contribution in [3.63, 3.8) is 0 Å². The van der Waals surface area contributed by atoms with Crippen LogP contribution >= 0.6 is 23.5 Å². The van der Waals surface area contributed by atoms with Gasteiger partial charge in [0.05, 0.1) is 48.1 Å². The summed E-state index contributed by atoms with van der Waals surface area (Å²) in [7, 11) is 5.00. The highest BCUT2D eigenvalue weighted by atomic mass is 35.5. The first-order chi connectivity index (χ1) is 17.1. The highest BCUT2D eigenvalue weighted by Crippen LogP contribution is 2.41. The summed E-state index contributed by atoms with van der Waals surface area (Å²) >= 11 is 8.11. The number of benzene rings is 1. The third kappa shape index (κ3) is 6.49. The molecule has 1 aromatic carbocycles. The van der Waals surface area contributed by atoms with Crippen LogP contribution in [0, 0.1) is 0 Å². The van der Waals surface area contributed by atoms with E-state index in [0.29, 0.717) is 46.4 Å². The van der Waals surface area contributed by atoms with Crippen LogP contribution < -0.4 is 20.1 Å².